The molecule has 7 nitrogen and oxygen atoms in total. The van der Waals surface area contributed by atoms with Gasteiger partial charge in [-0.3, -0.25) is 9.69 Å². The summed E-state index contributed by atoms with van der Waals surface area (Å²) in [4.78, 5) is 13.6. The largest absolute Gasteiger partial charge is 0.462 e. The van der Waals surface area contributed by atoms with Crippen molar-refractivity contribution < 1.29 is 23.7 Å². The lowest BCUT2D eigenvalue weighted by Gasteiger charge is -2.25. The Morgan fingerprint density at radius 2 is 1.60 bits per heavy atom. The van der Waals surface area contributed by atoms with Crippen LogP contribution < -0.4 is 5.32 Å². The number of nitrogens with zero attached hydrogens (tertiary/aromatic N) is 1. The molecule has 1 rings (SSSR count). The Balaban J connectivity index is 1.84. The van der Waals surface area contributed by atoms with E-state index in [4.69, 9.17) is 18.9 Å². The lowest BCUT2D eigenvalue weighted by molar-refractivity contribution is -0.146. The van der Waals surface area contributed by atoms with Gasteiger partial charge in [0.1, 0.15) is 6.61 Å². The van der Waals surface area contributed by atoms with Crippen LogP contribution in [0.15, 0.2) is 0 Å². The van der Waals surface area contributed by atoms with Crippen LogP contribution in [0.1, 0.15) is 0 Å². The second kappa shape index (κ2) is 12.0. The van der Waals surface area contributed by atoms with Crippen molar-refractivity contribution in [2.75, 3.05) is 79.5 Å². The lowest BCUT2D eigenvalue weighted by Crippen LogP contribution is -2.45. The summed E-state index contributed by atoms with van der Waals surface area (Å²) in [6, 6.07) is 0. The van der Waals surface area contributed by atoms with Crippen molar-refractivity contribution in [1.82, 2.24) is 10.2 Å². The van der Waals surface area contributed by atoms with Crippen LogP contribution in [0.2, 0.25) is 0 Å². The number of carbonyl (C=O) groups excluding carboxylic acids is 1. The van der Waals surface area contributed by atoms with Gasteiger partial charge in [-0.25, -0.2) is 0 Å². The highest BCUT2D eigenvalue weighted by Crippen LogP contribution is 1.93. The first-order valence-electron chi connectivity index (χ1n) is 7.06. The summed E-state index contributed by atoms with van der Waals surface area (Å²) in [5.41, 5.74) is 0. The number of ether oxygens (including phenoxy) is 4. The zero-order chi connectivity index (χ0) is 14.5. The van der Waals surface area contributed by atoms with E-state index in [1.807, 2.05) is 0 Å². The van der Waals surface area contributed by atoms with Gasteiger partial charge >= 0.3 is 5.97 Å². The van der Waals surface area contributed by atoms with Crippen LogP contribution >= 0.6 is 0 Å². The van der Waals surface area contributed by atoms with Gasteiger partial charge in [-0.2, -0.15) is 0 Å². The Labute approximate surface area is 120 Å². The van der Waals surface area contributed by atoms with Crippen molar-refractivity contribution in [1.29, 1.82) is 0 Å². The number of nitrogens with one attached hydrogen (secondary N) is 1. The fourth-order valence-electron chi connectivity index (χ4n) is 1.78. The molecule has 0 amide bonds. The van der Waals surface area contributed by atoms with Crippen molar-refractivity contribution in [3.8, 4) is 0 Å². The van der Waals surface area contributed by atoms with Crippen LogP contribution in [-0.4, -0.2) is 90.3 Å². The zero-order valence-electron chi connectivity index (χ0n) is 12.3. The average molecular weight is 290 g/mol. The molecule has 1 aliphatic rings. The highest BCUT2D eigenvalue weighted by atomic mass is 16.6. The molecule has 118 valence electrons. The van der Waals surface area contributed by atoms with Gasteiger partial charge in [0, 0.05) is 33.3 Å². The predicted molar refractivity (Wildman–Crippen MR) is 73.8 cm³/mol. The SMILES string of the molecule is COCCOCCOCCOC(=O)CN1CCNCC1. The second-order valence-corrected chi connectivity index (χ2v) is 4.46. The van der Waals surface area contributed by atoms with E-state index in [-0.39, 0.29) is 5.97 Å². The van der Waals surface area contributed by atoms with Gasteiger partial charge in [-0.1, -0.05) is 0 Å². The molecule has 0 aliphatic carbocycles. The average Bonchev–Trinajstić information content (AvgIpc) is 2.46. The van der Waals surface area contributed by atoms with E-state index in [0.717, 1.165) is 26.2 Å². The van der Waals surface area contributed by atoms with Gasteiger partial charge < -0.3 is 24.3 Å². The topological polar surface area (TPSA) is 69.3 Å². The fourth-order valence-corrected chi connectivity index (χ4v) is 1.78. The van der Waals surface area contributed by atoms with E-state index in [1.54, 1.807) is 7.11 Å². The Hall–Kier alpha value is -0.730. The van der Waals surface area contributed by atoms with Gasteiger partial charge in [-0.15, -0.1) is 0 Å². The maximum absolute atomic E-state index is 11.5. The Morgan fingerprint density at radius 3 is 2.25 bits per heavy atom. The molecule has 1 saturated heterocycles. The fraction of sp³-hybridized carbons (Fsp3) is 0.923. The van der Waals surface area contributed by atoms with Crippen LogP contribution in [0.4, 0.5) is 0 Å². The standard InChI is InChI=1S/C13H26N2O5/c1-17-6-7-18-8-9-19-10-11-20-13(16)12-15-4-2-14-3-5-15/h14H,2-12H2,1H3. The minimum Gasteiger partial charge on any atom is -0.462 e. The van der Waals surface area contributed by atoms with Crippen LogP contribution in [0, 0.1) is 0 Å². The molecule has 1 N–H and O–H groups in total. The summed E-state index contributed by atoms with van der Waals surface area (Å²) in [6.45, 7) is 6.89. The van der Waals surface area contributed by atoms with E-state index < -0.39 is 0 Å². The van der Waals surface area contributed by atoms with Crippen molar-refractivity contribution in [2.45, 2.75) is 0 Å². The maximum Gasteiger partial charge on any atom is 0.320 e. The first kappa shape index (κ1) is 17.3. The van der Waals surface area contributed by atoms with Crippen molar-refractivity contribution in [3.05, 3.63) is 0 Å². The van der Waals surface area contributed by atoms with Gasteiger partial charge in [0.2, 0.25) is 0 Å². The second-order valence-electron chi connectivity index (χ2n) is 4.46. The van der Waals surface area contributed by atoms with E-state index >= 15 is 0 Å². The molecule has 0 unspecified atom stereocenters. The Bertz CT molecular complexity index is 247. The van der Waals surface area contributed by atoms with Crippen LogP contribution in [0.25, 0.3) is 0 Å². The lowest BCUT2D eigenvalue weighted by atomic mass is 10.3. The zero-order valence-corrected chi connectivity index (χ0v) is 12.3. The molecule has 1 fully saturated rings. The van der Waals surface area contributed by atoms with E-state index in [9.17, 15) is 4.79 Å². The molecule has 0 spiro atoms. The van der Waals surface area contributed by atoms with Gasteiger partial charge in [0.25, 0.3) is 0 Å². The first-order chi connectivity index (χ1) is 9.83. The predicted octanol–water partition coefficient (Wildman–Crippen LogP) is -0.886. The van der Waals surface area contributed by atoms with Crippen molar-refractivity contribution in [3.63, 3.8) is 0 Å². The molecular formula is C13H26N2O5. The molecule has 1 aliphatic heterocycles. The summed E-state index contributed by atoms with van der Waals surface area (Å²) in [5, 5.41) is 3.24. The van der Waals surface area contributed by atoms with Gasteiger partial charge in [-0.05, 0) is 0 Å². The molecule has 0 saturated carbocycles. The third-order valence-electron chi connectivity index (χ3n) is 2.86. The van der Waals surface area contributed by atoms with Gasteiger partial charge in [0.15, 0.2) is 0 Å². The number of methoxy groups -OCH3 is 1. The van der Waals surface area contributed by atoms with E-state index in [0.29, 0.717) is 46.2 Å². The molecule has 0 bridgehead atoms. The number of esters is 1. The molecule has 0 atom stereocenters. The molecular weight excluding hydrogens is 264 g/mol. The van der Waals surface area contributed by atoms with Gasteiger partial charge in [0.05, 0.1) is 39.6 Å². The Kier molecular flexibility index (Phi) is 10.4. The monoisotopic (exact) mass is 290 g/mol. The highest BCUT2D eigenvalue weighted by molar-refractivity contribution is 5.71. The molecule has 20 heavy (non-hydrogen) atoms. The number of hydrogen-bond donors (Lipinski definition) is 1. The number of rotatable bonds is 11. The third kappa shape index (κ3) is 9.22. The molecule has 7 heteroatoms. The third-order valence-corrected chi connectivity index (χ3v) is 2.86. The number of carbonyl (C=O) groups is 1. The van der Waals surface area contributed by atoms with Crippen LogP contribution in [-0.2, 0) is 23.7 Å². The minimum atomic E-state index is -0.188. The normalized spacial score (nSPS) is 16.2. The van der Waals surface area contributed by atoms with E-state index in [1.165, 1.54) is 0 Å². The summed E-state index contributed by atoms with van der Waals surface area (Å²) >= 11 is 0. The highest BCUT2D eigenvalue weighted by Gasteiger charge is 2.13. The molecule has 0 radical (unpaired) electrons. The summed E-state index contributed by atoms with van der Waals surface area (Å²) in [7, 11) is 1.63. The van der Waals surface area contributed by atoms with Crippen LogP contribution in [0.5, 0.6) is 0 Å². The first-order valence-corrected chi connectivity index (χ1v) is 7.06. The number of piperazine rings is 1. The Morgan fingerprint density at radius 1 is 1.00 bits per heavy atom. The minimum absolute atomic E-state index is 0.188. The summed E-state index contributed by atoms with van der Waals surface area (Å²) in [5.74, 6) is -0.188. The quantitative estimate of drug-likeness (QED) is 0.391. The number of hydrogen-bond acceptors (Lipinski definition) is 7. The molecule has 0 aromatic heterocycles. The van der Waals surface area contributed by atoms with Crippen LogP contribution in [0.3, 0.4) is 0 Å². The molecule has 0 aromatic rings. The van der Waals surface area contributed by atoms with E-state index in [2.05, 4.69) is 10.2 Å². The maximum atomic E-state index is 11.5. The van der Waals surface area contributed by atoms with Crippen molar-refractivity contribution >= 4 is 5.97 Å². The molecule has 1 heterocycles. The summed E-state index contributed by atoms with van der Waals surface area (Å²) in [6.07, 6.45) is 0. The smallest absolute Gasteiger partial charge is 0.320 e. The molecule has 0 aromatic carbocycles. The van der Waals surface area contributed by atoms with Crippen molar-refractivity contribution in [2.24, 2.45) is 0 Å². The summed E-state index contributed by atoms with van der Waals surface area (Å²) < 4.78 is 20.5.